The van der Waals surface area contributed by atoms with Gasteiger partial charge < -0.3 is 20.2 Å². The van der Waals surface area contributed by atoms with E-state index in [0.29, 0.717) is 37.7 Å². The molecule has 2 atom stereocenters. The lowest BCUT2D eigenvalue weighted by Gasteiger charge is -2.40. The Morgan fingerprint density at radius 2 is 1.76 bits per heavy atom. The fraction of sp³-hybridized carbons (Fsp3) is 0.640. The molecule has 190 valence electrons. The van der Waals surface area contributed by atoms with Gasteiger partial charge in [0.05, 0.1) is 19.1 Å². The monoisotopic (exact) mass is 476 g/mol. The van der Waals surface area contributed by atoms with Crippen LogP contribution in [-0.4, -0.2) is 77.3 Å². The third-order valence-electron chi connectivity index (χ3n) is 6.28. The Morgan fingerprint density at radius 1 is 1.15 bits per heavy atom. The quantitative estimate of drug-likeness (QED) is 0.256. The fourth-order valence-electron chi connectivity index (χ4n) is 4.11. The number of nitrogens with zero attached hydrogens (tertiary/aromatic N) is 3. The molecule has 0 aliphatic carbocycles. The van der Waals surface area contributed by atoms with E-state index in [2.05, 4.69) is 10.2 Å². The summed E-state index contributed by atoms with van der Waals surface area (Å²) >= 11 is 0. The van der Waals surface area contributed by atoms with Crippen LogP contribution in [0.4, 0.5) is 5.69 Å². The van der Waals surface area contributed by atoms with Gasteiger partial charge in [-0.25, -0.2) is 5.06 Å². The number of aliphatic hydroxyl groups is 1. The first-order valence-corrected chi connectivity index (χ1v) is 12.0. The Bertz CT molecular complexity index is 801. The maximum atomic E-state index is 13.5. The van der Waals surface area contributed by atoms with Gasteiger partial charge in [-0.05, 0) is 29.5 Å². The fourth-order valence-corrected chi connectivity index (χ4v) is 4.11. The Labute approximate surface area is 202 Å². The third-order valence-corrected chi connectivity index (χ3v) is 6.28. The summed E-state index contributed by atoms with van der Waals surface area (Å²) in [6.07, 6.45) is 2.46. The average Bonchev–Trinajstić information content (AvgIpc) is 2.83. The van der Waals surface area contributed by atoms with Gasteiger partial charge >= 0.3 is 0 Å². The molecule has 0 unspecified atom stereocenters. The average molecular weight is 477 g/mol. The molecule has 1 aliphatic heterocycles. The number of hydrogen-bond donors (Lipinski definition) is 3. The maximum Gasteiger partial charge on any atom is 0.245 e. The molecular formula is C25H40N4O5. The van der Waals surface area contributed by atoms with Crippen molar-refractivity contribution in [1.29, 1.82) is 0 Å². The molecule has 0 spiro atoms. The summed E-state index contributed by atoms with van der Waals surface area (Å²) < 4.78 is 0. The highest BCUT2D eigenvalue weighted by Gasteiger charge is 2.38. The van der Waals surface area contributed by atoms with Crippen LogP contribution in [0.3, 0.4) is 0 Å². The lowest BCUT2D eigenvalue weighted by atomic mass is 9.85. The Kier molecular flexibility index (Phi) is 10.3. The number of carbonyl (C=O) groups is 3. The minimum Gasteiger partial charge on any atom is -0.392 e. The molecule has 1 aliphatic rings. The van der Waals surface area contributed by atoms with Crippen LogP contribution in [0, 0.1) is 11.3 Å². The van der Waals surface area contributed by atoms with Crippen molar-refractivity contribution in [3.05, 3.63) is 29.8 Å². The van der Waals surface area contributed by atoms with Crippen LogP contribution >= 0.6 is 0 Å². The lowest BCUT2D eigenvalue weighted by molar-refractivity contribution is -0.155. The predicted octanol–water partition coefficient (Wildman–Crippen LogP) is 2.01. The summed E-state index contributed by atoms with van der Waals surface area (Å²) in [5, 5.41) is 22.3. The van der Waals surface area contributed by atoms with Crippen LogP contribution in [0.1, 0.15) is 52.5 Å². The number of unbranched alkanes of at least 4 members (excludes halogenated alkanes) is 1. The molecule has 3 N–H and O–H groups in total. The van der Waals surface area contributed by atoms with Crippen molar-refractivity contribution in [1.82, 2.24) is 15.3 Å². The standard InChI is InChI=1S/C25H40N4O5/c1-5-6-7-20(16-29(34)18-31)23(32)26-22(25(2,3)4)24(33)28-14-12-27(13-15-28)21-10-8-19(17-30)9-11-21/h8-11,18,20,22,30,34H,5-7,12-17H2,1-4H3,(H,26,32)/t20-,22-/m1/s1. The summed E-state index contributed by atoms with van der Waals surface area (Å²) in [4.78, 5) is 41.4. The first-order valence-electron chi connectivity index (χ1n) is 12.0. The van der Waals surface area contributed by atoms with E-state index in [1.54, 1.807) is 4.90 Å². The molecule has 0 saturated carbocycles. The number of anilines is 1. The Balaban J connectivity index is 2.05. The minimum absolute atomic E-state index is 0.00720. The van der Waals surface area contributed by atoms with Gasteiger partial charge in [-0.3, -0.25) is 19.6 Å². The van der Waals surface area contributed by atoms with E-state index in [9.17, 15) is 24.7 Å². The molecule has 0 aromatic heterocycles. The molecule has 1 saturated heterocycles. The first kappa shape index (κ1) is 27.6. The topological polar surface area (TPSA) is 113 Å². The molecule has 0 bridgehead atoms. The number of nitrogens with one attached hydrogen (secondary N) is 1. The van der Waals surface area contributed by atoms with Gasteiger partial charge in [-0.1, -0.05) is 52.7 Å². The number of piperazine rings is 1. The molecule has 0 radical (unpaired) electrons. The normalized spacial score (nSPS) is 16.1. The molecule has 3 amide bonds. The SMILES string of the molecule is CCCC[C@H](CN(O)C=O)C(=O)N[C@H](C(=O)N1CCN(c2ccc(CO)cc2)CC1)C(C)(C)C. The van der Waals surface area contributed by atoms with Gasteiger partial charge in [0.15, 0.2) is 0 Å². The van der Waals surface area contributed by atoms with Crippen molar-refractivity contribution >= 4 is 23.9 Å². The van der Waals surface area contributed by atoms with E-state index in [1.807, 2.05) is 52.0 Å². The van der Waals surface area contributed by atoms with Crippen molar-refractivity contribution in [3.63, 3.8) is 0 Å². The van der Waals surface area contributed by atoms with Crippen molar-refractivity contribution in [2.24, 2.45) is 11.3 Å². The number of benzene rings is 1. The van der Waals surface area contributed by atoms with Gasteiger partial charge in [-0.15, -0.1) is 0 Å². The molecule has 34 heavy (non-hydrogen) atoms. The van der Waals surface area contributed by atoms with Crippen LogP contribution in [-0.2, 0) is 21.0 Å². The molecular weight excluding hydrogens is 436 g/mol. The van der Waals surface area contributed by atoms with E-state index < -0.39 is 17.4 Å². The lowest BCUT2D eigenvalue weighted by Crippen LogP contribution is -2.59. The van der Waals surface area contributed by atoms with Gasteiger partial charge in [0.2, 0.25) is 18.2 Å². The van der Waals surface area contributed by atoms with Crippen molar-refractivity contribution in [2.75, 3.05) is 37.6 Å². The van der Waals surface area contributed by atoms with Gasteiger partial charge in [0.25, 0.3) is 0 Å². The highest BCUT2D eigenvalue weighted by Crippen LogP contribution is 2.24. The van der Waals surface area contributed by atoms with E-state index in [1.165, 1.54) is 0 Å². The predicted molar refractivity (Wildman–Crippen MR) is 130 cm³/mol. The van der Waals surface area contributed by atoms with Crippen molar-refractivity contribution in [3.8, 4) is 0 Å². The van der Waals surface area contributed by atoms with Crippen molar-refractivity contribution in [2.45, 2.75) is 59.6 Å². The zero-order chi connectivity index (χ0) is 25.3. The summed E-state index contributed by atoms with van der Waals surface area (Å²) in [6, 6.07) is 7.02. The highest BCUT2D eigenvalue weighted by atomic mass is 16.5. The van der Waals surface area contributed by atoms with Gasteiger partial charge in [-0.2, -0.15) is 0 Å². The van der Waals surface area contributed by atoms with E-state index in [4.69, 9.17) is 0 Å². The zero-order valence-electron chi connectivity index (χ0n) is 20.9. The van der Waals surface area contributed by atoms with Gasteiger partial charge in [0.1, 0.15) is 6.04 Å². The number of carbonyl (C=O) groups excluding carboxylic acids is 3. The maximum absolute atomic E-state index is 13.5. The second-order valence-electron chi connectivity index (χ2n) is 10.0. The first-order chi connectivity index (χ1) is 16.1. The zero-order valence-corrected chi connectivity index (χ0v) is 20.9. The molecule has 1 aromatic rings. The van der Waals surface area contributed by atoms with E-state index in [0.717, 1.165) is 24.1 Å². The molecule has 9 heteroatoms. The van der Waals surface area contributed by atoms with Crippen LogP contribution in [0.2, 0.25) is 0 Å². The number of amides is 3. The van der Waals surface area contributed by atoms with Crippen LogP contribution in [0.25, 0.3) is 0 Å². The molecule has 1 aromatic carbocycles. The minimum atomic E-state index is -0.720. The number of aliphatic hydroxyl groups excluding tert-OH is 1. The Hall–Kier alpha value is -2.65. The Morgan fingerprint density at radius 3 is 2.26 bits per heavy atom. The van der Waals surface area contributed by atoms with E-state index >= 15 is 0 Å². The van der Waals surface area contributed by atoms with Crippen LogP contribution in [0.15, 0.2) is 24.3 Å². The van der Waals surface area contributed by atoms with Gasteiger partial charge in [0, 0.05) is 31.9 Å². The highest BCUT2D eigenvalue weighted by molar-refractivity contribution is 5.89. The summed E-state index contributed by atoms with van der Waals surface area (Å²) in [6.45, 7) is 10.1. The molecule has 1 heterocycles. The summed E-state index contributed by atoms with van der Waals surface area (Å²) in [5.74, 6) is -1.04. The summed E-state index contributed by atoms with van der Waals surface area (Å²) in [7, 11) is 0. The van der Waals surface area contributed by atoms with Crippen LogP contribution < -0.4 is 10.2 Å². The third kappa shape index (κ3) is 7.70. The molecule has 9 nitrogen and oxygen atoms in total. The molecule has 1 fully saturated rings. The summed E-state index contributed by atoms with van der Waals surface area (Å²) in [5.41, 5.74) is 1.39. The van der Waals surface area contributed by atoms with Crippen molar-refractivity contribution < 1.29 is 24.7 Å². The number of hydroxylamine groups is 2. The molecule has 2 rings (SSSR count). The van der Waals surface area contributed by atoms with Crippen LogP contribution in [0.5, 0.6) is 0 Å². The second kappa shape index (κ2) is 12.7. The smallest absolute Gasteiger partial charge is 0.245 e. The second-order valence-corrected chi connectivity index (χ2v) is 10.0. The number of hydrogen-bond acceptors (Lipinski definition) is 6. The number of rotatable bonds is 11. The largest absolute Gasteiger partial charge is 0.392 e. The van der Waals surface area contributed by atoms with E-state index in [-0.39, 0.29) is 31.4 Å².